The summed E-state index contributed by atoms with van der Waals surface area (Å²) in [5.41, 5.74) is 0. The predicted octanol–water partition coefficient (Wildman–Crippen LogP) is 1.04. The molecule has 3 heteroatoms. The van der Waals surface area contributed by atoms with E-state index in [-0.39, 0.29) is 0 Å². The van der Waals surface area contributed by atoms with E-state index in [0.29, 0.717) is 5.78 Å². The number of carbonyl (C=O) groups excluding carboxylic acids is 1. The van der Waals surface area contributed by atoms with Crippen molar-refractivity contribution in [2.45, 2.75) is 32.1 Å². The second-order valence-electron chi connectivity index (χ2n) is 4.91. The van der Waals surface area contributed by atoms with Crippen LogP contribution in [0.25, 0.3) is 0 Å². The van der Waals surface area contributed by atoms with Crippen LogP contribution in [-0.2, 0) is 4.79 Å². The number of hydrogen-bond acceptors (Lipinski definition) is 3. The van der Waals surface area contributed by atoms with Crippen LogP contribution in [0.3, 0.4) is 0 Å². The van der Waals surface area contributed by atoms with Gasteiger partial charge in [0.05, 0.1) is 0 Å². The van der Waals surface area contributed by atoms with E-state index in [9.17, 15) is 4.79 Å². The number of likely N-dealkylation sites (tertiary alicyclic amines) is 1. The summed E-state index contributed by atoms with van der Waals surface area (Å²) in [5.74, 6) is 1.27. The molecule has 2 fully saturated rings. The summed E-state index contributed by atoms with van der Waals surface area (Å²) in [6, 6.07) is 0. The molecule has 2 rings (SSSR count). The van der Waals surface area contributed by atoms with Crippen molar-refractivity contribution in [3.8, 4) is 0 Å². The highest BCUT2D eigenvalue weighted by molar-refractivity contribution is 5.78. The van der Waals surface area contributed by atoms with E-state index in [0.717, 1.165) is 38.3 Å². The lowest BCUT2D eigenvalue weighted by Crippen LogP contribution is -2.38. The molecule has 0 aromatic carbocycles. The van der Waals surface area contributed by atoms with E-state index >= 15 is 0 Å². The Morgan fingerprint density at radius 3 is 3.00 bits per heavy atom. The summed E-state index contributed by atoms with van der Waals surface area (Å²) in [7, 11) is 0. The normalized spacial score (nSPS) is 30.1. The molecule has 0 radical (unpaired) electrons. The average molecular weight is 210 g/mol. The number of rotatable bonds is 2. The van der Waals surface area contributed by atoms with Crippen molar-refractivity contribution in [3.63, 3.8) is 0 Å². The Bertz CT molecular complexity index is 212. The second kappa shape index (κ2) is 5.61. The molecule has 0 spiro atoms. The molecule has 2 saturated heterocycles. The van der Waals surface area contributed by atoms with Gasteiger partial charge in [0.1, 0.15) is 5.78 Å². The topological polar surface area (TPSA) is 32.3 Å². The lowest BCUT2D eigenvalue weighted by molar-refractivity contribution is -0.118. The summed E-state index contributed by atoms with van der Waals surface area (Å²) in [6.07, 6.45) is 5.33. The third kappa shape index (κ3) is 3.58. The summed E-state index contributed by atoms with van der Waals surface area (Å²) in [6.45, 7) is 5.68. The van der Waals surface area contributed by atoms with Crippen LogP contribution in [0.1, 0.15) is 32.1 Å². The molecular formula is C12H22N2O. The van der Waals surface area contributed by atoms with Gasteiger partial charge in [-0.1, -0.05) is 0 Å². The summed E-state index contributed by atoms with van der Waals surface area (Å²) in [5, 5.41) is 3.46. The minimum absolute atomic E-state index is 0.458. The molecule has 0 aromatic rings. The number of nitrogens with zero attached hydrogens (tertiary/aromatic N) is 1. The highest BCUT2D eigenvalue weighted by atomic mass is 16.1. The monoisotopic (exact) mass is 210 g/mol. The van der Waals surface area contributed by atoms with Crippen molar-refractivity contribution in [1.29, 1.82) is 0 Å². The molecule has 0 saturated carbocycles. The maximum atomic E-state index is 11.3. The molecule has 1 atom stereocenters. The zero-order chi connectivity index (χ0) is 10.5. The predicted molar refractivity (Wildman–Crippen MR) is 60.9 cm³/mol. The Morgan fingerprint density at radius 2 is 2.20 bits per heavy atom. The number of piperidine rings is 1. The molecule has 3 nitrogen and oxygen atoms in total. The van der Waals surface area contributed by atoms with Gasteiger partial charge in [-0.2, -0.15) is 0 Å². The Morgan fingerprint density at radius 1 is 1.27 bits per heavy atom. The number of ketones is 1. The third-order valence-electron chi connectivity index (χ3n) is 3.55. The van der Waals surface area contributed by atoms with Crippen LogP contribution in [0, 0.1) is 5.92 Å². The van der Waals surface area contributed by atoms with Crippen LogP contribution in [-0.4, -0.2) is 43.4 Å². The first-order valence-corrected chi connectivity index (χ1v) is 6.29. The lowest BCUT2D eigenvalue weighted by atomic mass is 9.99. The first-order chi connectivity index (χ1) is 7.34. The van der Waals surface area contributed by atoms with E-state index in [4.69, 9.17) is 0 Å². The van der Waals surface area contributed by atoms with Crippen molar-refractivity contribution >= 4 is 5.78 Å². The van der Waals surface area contributed by atoms with Gasteiger partial charge >= 0.3 is 0 Å². The number of carbonyl (C=O) groups is 1. The van der Waals surface area contributed by atoms with Crippen LogP contribution in [0.15, 0.2) is 0 Å². The van der Waals surface area contributed by atoms with Crippen molar-refractivity contribution in [2.24, 2.45) is 5.92 Å². The Kier molecular flexibility index (Phi) is 4.15. The van der Waals surface area contributed by atoms with Crippen LogP contribution in [0.4, 0.5) is 0 Å². The van der Waals surface area contributed by atoms with Crippen molar-refractivity contribution in [3.05, 3.63) is 0 Å². The molecule has 1 unspecified atom stereocenters. The largest absolute Gasteiger partial charge is 0.316 e. The summed E-state index contributed by atoms with van der Waals surface area (Å²) in [4.78, 5) is 13.8. The molecule has 2 heterocycles. The number of nitrogens with one attached hydrogen (secondary N) is 1. The minimum atomic E-state index is 0.458. The van der Waals surface area contributed by atoms with Gasteiger partial charge in [0.15, 0.2) is 0 Å². The molecule has 0 aliphatic carbocycles. The molecule has 2 aliphatic heterocycles. The Labute approximate surface area is 92.2 Å². The number of hydrogen-bond donors (Lipinski definition) is 1. The van der Waals surface area contributed by atoms with Gasteiger partial charge in [-0.15, -0.1) is 0 Å². The molecule has 2 aliphatic rings. The highest BCUT2D eigenvalue weighted by Gasteiger charge is 2.19. The Balaban J connectivity index is 1.75. The van der Waals surface area contributed by atoms with Gasteiger partial charge in [0.25, 0.3) is 0 Å². The molecule has 15 heavy (non-hydrogen) atoms. The maximum absolute atomic E-state index is 11.3. The average Bonchev–Trinajstić information content (AvgIpc) is 2.46. The SMILES string of the molecule is O=C1CCCN(CC2CCCNC2)CC1. The smallest absolute Gasteiger partial charge is 0.134 e. The van der Waals surface area contributed by atoms with Gasteiger partial charge < -0.3 is 10.2 Å². The van der Waals surface area contributed by atoms with Crippen molar-refractivity contribution in [2.75, 3.05) is 32.7 Å². The van der Waals surface area contributed by atoms with Gasteiger partial charge in [-0.3, -0.25) is 4.79 Å². The fourth-order valence-electron chi connectivity index (χ4n) is 2.65. The molecule has 0 amide bonds. The summed E-state index contributed by atoms with van der Waals surface area (Å²) >= 11 is 0. The molecule has 1 N–H and O–H groups in total. The van der Waals surface area contributed by atoms with Crippen molar-refractivity contribution < 1.29 is 4.79 Å². The zero-order valence-electron chi connectivity index (χ0n) is 9.50. The first kappa shape index (κ1) is 11.1. The minimum Gasteiger partial charge on any atom is -0.316 e. The fraction of sp³-hybridized carbons (Fsp3) is 0.917. The van der Waals surface area contributed by atoms with Crippen LogP contribution in [0.2, 0.25) is 0 Å². The van der Waals surface area contributed by atoms with E-state index in [2.05, 4.69) is 10.2 Å². The molecule has 86 valence electrons. The van der Waals surface area contributed by atoms with Gasteiger partial charge in [0, 0.05) is 25.9 Å². The molecular weight excluding hydrogens is 188 g/mol. The van der Waals surface area contributed by atoms with Gasteiger partial charge in [-0.25, -0.2) is 0 Å². The third-order valence-corrected chi connectivity index (χ3v) is 3.55. The van der Waals surface area contributed by atoms with Crippen molar-refractivity contribution in [1.82, 2.24) is 10.2 Å². The van der Waals surface area contributed by atoms with Crippen LogP contribution >= 0.6 is 0 Å². The lowest BCUT2D eigenvalue weighted by Gasteiger charge is -2.29. The Hall–Kier alpha value is -0.410. The second-order valence-corrected chi connectivity index (χ2v) is 4.91. The highest BCUT2D eigenvalue weighted by Crippen LogP contribution is 2.14. The maximum Gasteiger partial charge on any atom is 0.134 e. The standard InChI is InChI=1S/C12H22N2O/c15-12-4-2-7-14(8-5-12)10-11-3-1-6-13-9-11/h11,13H,1-10H2. The van der Waals surface area contributed by atoms with Crippen LogP contribution in [0.5, 0.6) is 0 Å². The van der Waals surface area contributed by atoms with Gasteiger partial charge in [0.2, 0.25) is 0 Å². The molecule has 0 bridgehead atoms. The first-order valence-electron chi connectivity index (χ1n) is 6.29. The van der Waals surface area contributed by atoms with E-state index in [1.807, 2.05) is 0 Å². The van der Waals surface area contributed by atoms with Crippen LogP contribution < -0.4 is 5.32 Å². The quantitative estimate of drug-likeness (QED) is 0.739. The summed E-state index contributed by atoms with van der Waals surface area (Å²) < 4.78 is 0. The fourth-order valence-corrected chi connectivity index (χ4v) is 2.65. The van der Waals surface area contributed by atoms with E-state index in [1.165, 1.54) is 32.5 Å². The van der Waals surface area contributed by atoms with Gasteiger partial charge in [-0.05, 0) is 44.8 Å². The number of Topliss-reactive ketones (excluding diaryl/α,β-unsaturated/α-hetero) is 1. The molecule has 0 aromatic heterocycles. The van der Waals surface area contributed by atoms with E-state index in [1.54, 1.807) is 0 Å². The van der Waals surface area contributed by atoms with E-state index < -0.39 is 0 Å². The zero-order valence-corrected chi connectivity index (χ0v) is 9.50.